The van der Waals surface area contributed by atoms with Crippen molar-refractivity contribution in [2.45, 2.75) is 38.0 Å². The van der Waals surface area contributed by atoms with Crippen LogP contribution in [0.2, 0.25) is 0 Å². The molecule has 0 radical (unpaired) electrons. The van der Waals surface area contributed by atoms with Crippen molar-refractivity contribution in [2.24, 2.45) is 0 Å². The van der Waals surface area contributed by atoms with Crippen LogP contribution in [0.5, 0.6) is 0 Å². The van der Waals surface area contributed by atoms with E-state index in [0.29, 0.717) is 32.8 Å². The van der Waals surface area contributed by atoms with Crippen LogP contribution in [-0.4, -0.2) is 61.3 Å². The van der Waals surface area contributed by atoms with Gasteiger partial charge in [-0.1, -0.05) is 18.2 Å². The van der Waals surface area contributed by atoms with E-state index in [1.807, 2.05) is 29.2 Å². The fraction of sp³-hybridized carbons (Fsp3) is 0.556. The first-order chi connectivity index (χ1) is 11.7. The van der Waals surface area contributed by atoms with Crippen molar-refractivity contribution in [1.82, 2.24) is 4.90 Å². The first-order valence-corrected chi connectivity index (χ1v) is 8.54. The Morgan fingerprint density at radius 3 is 2.88 bits per heavy atom. The Kier molecular flexibility index (Phi) is 4.02. The first kappa shape index (κ1) is 15.6. The van der Waals surface area contributed by atoms with E-state index in [1.54, 1.807) is 4.90 Å². The predicted molar refractivity (Wildman–Crippen MR) is 87.8 cm³/mol. The molecule has 0 unspecified atom stereocenters. The van der Waals surface area contributed by atoms with Gasteiger partial charge in [0.25, 0.3) is 0 Å². The largest absolute Gasteiger partial charge is 0.379 e. The quantitative estimate of drug-likeness (QED) is 0.770. The van der Waals surface area contributed by atoms with Crippen molar-refractivity contribution >= 4 is 17.5 Å². The Morgan fingerprint density at radius 1 is 1.21 bits per heavy atom. The van der Waals surface area contributed by atoms with E-state index in [2.05, 4.69) is 0 Å². The number of amides is 2. The smallest absolute Gasteiger partial charge is 0.246 e. The zero-order chi connectivity index (χ0) is 16.7. The van der Waals surface area contributed by atoms with Gasteiger partial charge in [0.15, 0.2) is 0 Å². The molecule has 128 valence electrons. The molecule has 2 amide bonds. The number of hydrogen-bond donors (Lipinski definition) is 0. The molecule has 2 saturated heterocycles. The summed E-state index contributed by atoms with van der Waals surface area (Å²) in [5, 5.41) is 0. The lowest BCUT2D eigenvalue weighted by Gasteiger charge is -2.44. The second-order valence-electron chi connectivity index (χ2n) is 6.61. The van der Waals surface area contributed by atoms with Crippen LogP contribution in [0.15, 0.2) is 24.3 Å². The molecule has 0 spiro atoms. The molecule has 2 fully saturated rings. The van der Waals surface area contributed by atoms with Crippen molar-refractivity contribution in [3.63, 3.8) is 0 Å². The molecule has 0 aliphatic carbocycles. The van der Waals surface area contributed by atoms with Crippen molar-refractivity contribution < 1.29 is 19.1 Å². The van der Waals surface area contributed by atoms with Gasteiger partial charge in [0.1, 0.15) is 12.1 Å². The van der Waals surface area contributed by atoms with E-state index in [1.165, 1.54) is 6.92 Å². The Balaban J connectivity index is 1.61. The van der Waals surface area contributed by atoms with Gasteiger partial charge in [-0.15, -0.1) is 0 Å². The fourth-order valence-corrected chi connectivity index (χ4v) is 4.12. The highest BCUT2D eigenvalue weighted by Gasteiger charge is 2.44. The number of fused-ring (bicyclic) bond motifs is 2. The number of ether oxygens (including phenoxy) is 2. The normalized spacial score (nSPS) is 29.1. The average molecular weight is 330 g/mol. The summed E-state index contributed by atoms with van der Waals surface area (Å²) in [5.41, 5.74) is 1.92. The second kappa shape index (κ2) is 6.18. The van der Waals surface area contributed by atoms with Crippen molar-refractivity contribution in [3.8, 4) is 0 Å². The molecule has 4 rings (SSSR count). The van der Waals surface area contributed by atoms with Gasteiger partial charge < -0.3 is 14.4 Å². The highest BCUT2D eigenvalue weighted by atomic mass is 16.5. The summed E-state index contributed by atoms with van der Waals surface area (Å²) in [7, 11) is 0. The van der Waals surface area contributed by atoms with E-state index in [0.717, 1.165) is 17.7 Å². The minimum Gasteiger partial charge on any atom is -0.379 e. The maximum atomic E-state index is 13.3. The number of benzene rings is 1. The number of carbonyl (C=O) groups is 2. The van der Waals surface area contributed by atoms with E-state index in [9.17, 15) is 9.59 Å². The van der Waals surface area contributed by atoms with Crippen molar-refractivity contribution in [1.29, 1.82) is 0 Å². The molecule has 0 saturated carbocycles. The molecule has 0 aromatic heterocycles. The number of rotatable bonds is 1. The lowest BCUT2D eigenvalue weighted by Crippen LogP contribution is -2.61. The van der Waals surface area contributed by atoms with Crippen LogP contribution in [0.4, 0.5) is 5.69 Å². The topological polar surface area (TPSA) is 59.1 Å². The molecule has 6 nitrogen and oxygen atoms in total. The van der Waals surface area contributed by atoms with Gasteiger partial charge in [-0.2, -0.15) is 0 Å². The Hall–Kier alpha value is -1.92. The standard InChI is InChI=1S/C18H22N2O4/c1-12(21)20-14-5-3-2-4-13(14)10-16(20)18(22)19-7-9-24-17-11-23-8-6-15(17)19/h2-5,15-17H,6-11H2,1H3/t15-,16-,17+/m0/s1. The molecular weight excluding hydrogens is 308 g/mol. The van der Waals surface area contributed by atoms with Crippen LogP contribution in [0.3, 0.4) is 0 Å². The van der Waals surface area contributed by atoms with Gasteiger partial charge >= 0.3 is 0 Å². The van der Waals surface area contributed by atoms with Gasteiger partial charge in [0.2, 0.25) is 11.8 Å². The number of hydrogen-bond acceptors (Lipinski definition) is 4. The second-order valence-corrected chi connectivity index (χ2v) is 6.61. The van der Waals surface area contributed by atoms with Crippen LogP contribution in [0, 0.1) is 0 Å². The monoisotopic (exact) mass is 330 g/mol. The highest BCUT2D eigenvalue weighted by molar-refractivity contribution is 6.02. The van der Waals surface area contributed by atoms with E-state index >= 15 is 0 Å². The Bertz CT molecular complexity index is 660. The summed E-state index contributed by atoms with van der Waals surface area (Å²) < 4.78 is 11.2. The summed E-state index contributed by atoms with van der Waals surface area (Å²) in [5.74, 6) is -0.0586. The lowest BCUT2D eigenvalue weighted by molar-refractivity contribution is -0.163. The van der Waals surface area contributed by atoms with Gasteiger partial charge in [-0.05, 0) is 18.1 Å². The average Bonchev–Trinajstić information content (AvgIpc) is 3.00. The Labute approximate surface area is 141 Å². The highest BCUT2D eigenvalue weighted by Crippen LogP contribution is 2.34. The lowest BCUT2D eigenvalue weighted by atomic mass is 10.00. The summed E-state index contributed by atoms with van der Waals surface area (Å²) in [6.45, 7) is 3.82. The summed E-state index contributed by atoms with van der Waals surface area (Å²) in [6, 6.07) is 7.38. The summed E-state index contributed by atoms with van der Waals surface area (Å²) in [4.78, 5) is 29.0. The van der Waals surface area contributed by atoms with Crippen LogP contribution in [-0.2, 0) is 25.5 Å². The zero-order valence-corrected chi connectivity index (χ0v) is 13.8. The molecule has 6 heteroatoms. The molecule has 0 N–H and O–H groups in total. The maximum absolute atomic E-state index is 13.3. The van der Waals surface area contributed by atoms with Crippen LogP contribution >= 0.6 is 0 Å². The molecule has 0 bridgehead atoms. The number of nitrogens with zero attached hydrogens (tertiary/aromatic N) is 2. The maximum Gasteiger partial charge on any atom is 0.246 e. The molecule has 3 heterocycles. The Morgan fingerprint density at radius 2 is 2.04 bits per heavy atom. The molecular formula is C18H22N2O4. The molecule has 1 aromatic rings. The SMILES string of the molecule is CC(=O)N1c2ccccc2C[C@H]1C(=O)N1CCO[C@@H]2COCC[C@@H]21. The van der Waals surface area contributed by atoms with E-state index in [4.69, 9.17) is 9.47 Å². The van der Waals surface area contributed by atoms with E-state index in [-0.39, 0.29) is 24.0 Å². The summed E-state index contributed by atoms with van der Waals surface area (Å²) in [6.07, 6.45) is 1.32. The fourth-order valence-electron chi connectivity index (χ4n) is 4.12. The third kappa shape index (κ3) is 2.50. The van der Waals surface area contributed by atoms with Gasteiger partial charge in [0.05, 0.1) is 19.3 Å². The third-order valence-electron chi connectivity index (χ3n) is 5.22. The number of carbonyl (C=O) groups excluding carboxylic acids is 2. The van der Waals surface area contributed by atoms with Gasteiger partial charge in [-0.25, -0.2) is 0 Å². The molecule has 1 aromatic carbocycles. The number of morpholine rings is 1. The van der Waals surface area contributed by atoms with E-state index < -0.39 is 6.04 Å². The van der Waals surface area contributed by atoms with Crippen LogP contribution < -0.4 is 4.90 Å². The number of para-hydroxylation sites is 1. The molecule has 24 heavy (non-hydrogen) atoms. The zero-order valence-electron chi connectivity index (χ0n) is 13.8. The minimum atomic E-state index is -0.443. The van der Waals surface area contributed by atoms with Crippen LogP contribution in [0.25, 0.3) is 0 Å². The van der Waals surface area contributed by atoms with Crippen LogP contribution in [0.1, 0.15) is 18.9 Å². The van der Waals surface area contributed by atoms with Crippen molar-refractivity contribution in [3.05, 3.63) is 29.8 Å². The summed E-state index contributed by atoms with van der Waals surface area (Å²) >= 11 is 0. The number of anilines is 1. The minimum absolute atomic E-state index is 0.0293. The first-order valence-electron chi connectivity index (χ1n) is 8.54. The molecule has 3 aliphatic heterocycles. The van der Waals surface area contributed by atoms with Crippen molar-refractivity contribution in [2.75, 3.05) is 31.3 Å². The van der Waals surface area contributed by atoms with Gasteiger partial charge in [0, 0.05) is 32.2 Å². The third-order valence-corrected chi connectivity index (χ3v) is 5.22. The van der Waals surface area contributed by atoms with Gasteiger partial charge in [-0.3, -0.25) is 14.5 Å². The molecule has 3 aliphatic rings. The molecule has 3 atom stereocenters. The predicted octanol–water partition coefficient (Wildman–Crippen LogP) is 0.980.